The molecular weight excluding hydrogens is 400 g/mol. The second kappa shape index (κ2) is 8.41. The molecule has 9 heteroatoms. The van der Waals surface area contributed by atoms with E-state index in [0.29, 0.717) is 31.1 Å². The topological polar surface area (TPSA) is 78.7 Å². The van der Waals surface area contributed by atoms with Crippen LogP contribution in [0, 0.1) is 13.8 Å². The van der Waals surface area contributed by atoms with Gasteiger partial charge in [0, 0.05) is 38.4 Å². The third kappa shape index (κ3) is 3.91. The summed E-state index contributed by atoms with van der Waals surface area (Å²) in [6, 6.07) is 6.47. The predicted molar refractivity (Wildman–Crippen MR) is 111 cm³/mol. The van der Waals surface area contributed by atoms with Crippen molar-refractivity contribution in [2.45, 2.75) is 38.1 Å². The Morgan fingerprint density at radius 3 is 2.75 bits per heavy atom. The second-order valence-electron chi connectivity index (χ2n) is 7.32. The lowest BCUT2D eigenvalue weighted by Gasteiger charge is -2.22. The molecule has 0 bridgehead atoms. The molecule has 1 fully saturated rings. The molecule has 1 saturated heterocycles. The van der Waals surface area contributed by atoms with Crippen LogP contribution < -0.4 is 5.32 Å². The molecule has 0 atom stereocenters. The maximum atomic E-state index is 13.1. The lowest BCUT2D eigenvalue weighted by atomic mass is 10.1. The summed E-state index contributed by atoms with van der Waals surface area (Å²) in [6.45, 7) is 7.77. The number of halogens is 1. The van der Waals surface area contributed by atoms with Crippen molar-refractivity contribution >= 4 is 28.1 Å². The number of nitrogens with zero attached hydrogens (tertiary/aromatic N) is 3. The fourth-order valence-electron chi connectivity index (χ4n) is 4.10. The fourth-order valence-corrected chi connectivity index (χ4v) is 5.86. The van der Waals surface area contributed by atoms with Crippen molar-refractivity contribution in [2.24, 2.45) is 0 Å². The number of anilines is 1. The van der Waals surface area contributed by atoms with Crippen molar-refractivity contribution in [3.8, 4) is 0 Å². The Balaban J connectivity index is 0.00000225. The van der Waals surface area contributed by atoms with Gasteiger partial charge in [-0.1, -0.05) is 23.4 Å². The van der Waals surface area contributed by atoms with E-state index in [2.05, 4.69) is 33.6 Å². The molecule has 2 aromatic rings. The third-order valence-corrected chi connectivity index (χ3v) is 7.58. The van der Waals surface area contributed by atoms with E-state index in [1.807, 2.05) is 0 Å². The summed E-state index contributed by atoms with van der Waals surface area (Å²) in [4.78, 5) is 2.57. The van der Waals surface area contributed by atoms with Crippen LogP contribution in [-0.2, 0) is 23.0 Å². The number of hydrogen-bond donors (Lipinski definition) is 1. The SMILES string of the molecule is Cc1noc(C)c1S(=O)(=O)N1CCCN(Cc2cccc3c2NCC3)CC1.Cl. The monoisotopic (exact) mass is 426 g/mol. The van der Waals surface area contributed by atoms with Crippen LogP contribution in [0.4, 0.5) is 5.69 Å². The van der Waals surface area contributed by atoms with Crippen LogP contribution in [0.3, 0.4) is 0 Å². The van der Waals surface area contributed by atoms with Crippen molar-refractivity contribution in [3.05, 3.63) is 40.8 Å². The van der Waals surface area contributed by atoms with Gasteiger partial charge >= 0.3 is 0 Å². The first-order valence-corrected chi connectivity index (χ1v) is 10.9. The molecule has 7 nitrogen and oxygen atoms in total. The van der Waals surface area contributed by atoms with Gasteiger partial charge in [-0.15, -0.1) is 12.4 Å². The van der Waals surface area contributed by atoms with Crippen LogP contribution >= 0.6 is 12.4 Å². The number of sulfonamides is 1. The van der Waals surface area contributed by atoms with Crippen LogP contribution in [0.1, 0.15) is 29.0 Å². The van der Waals surface area contributed by atoms with Gasteiger partial charge in [0.15, 0.2) is 5.76 Å². The summed E-state index contributed by atoms with van der Waals surface area (Å²) in [5.41, 5.74) is 4.37. The van der Waals surface area contributed by atoms with E-state index in [0.717, 1.165) is 32.5 Å². The smallest absolute Gasteiger partial charge is 0.248 e. The van der Waals surface area contributed by atoms with Gasteiger partial charge in [0.2, 0.25) is 10.0 Å². The molecule has 0 aliphatic carbocycles. The van der Waals surface area contributed by atoms with Crippen molar-refractivity contribution in [3.63, 3.8) is 0 Å². The molecule has 3 heterocycles. The lowest BCUT2D eigenvalue weighted by Crippen LogP contribution is -2.35. The van der Waals surface area contributed by atoms with E-state index in [9.17, 15) is 8.42 Å². The minimum absolute atomic E-state index is 0. The number of aromatic nitrogens is 1. The van der Waals surface area contributed by atoms with Crippen molar-refractivity contribution in [2.75, 3.05) is 38.0 Å². The number of para-hydroxylation sites is 1. The summed E-state index contributed by atoms with van der Waals surface area (Å²) >= 11 is 0. The summed E-state index contributed by atoms with van der Waals surface area (Å²) < 4.78 is 32.8. The zero-order chi connectivity index (χ0) is 19.0. The van der Waals surface area contributed by atoms with E-state index in [4.69, 9.17) is 4.52 Å². The maximum Gasteiger partial charge on any atom is 0.248 e. The van der Waals surface area contributed by atoms with E-state index in [1.165, 1.54) is 16.8 Å². The van der Waals surface area contributed by atoms with Crippen molar-refractivity contribution in [1.82, 2.24) is 14.4 Å². The van der Waals surface area contributed by atoms with Gasteiger partial charge in [0.05, 0.1) is 0 Å². The second-order valence-corrected chi connectivity index (χ2v) is 9.19. The molecule has 28 heavy (non-hydrogen) atoms. The number of nitrogens with one attached hydrogen (secondary N) is 1. The van der Waals surface area contributed by atoms with Crippen molar-refractivity contribution < 1.29 is 12.9 Å². The van der Waals surface area contributed by atoms with Crippen molar-refractivity contribution in [1.29, 1.82) is 0 Å². The molecule has 1 aromatic carbocycles. The Morgan fingerprint density at radius 2 is 2.00 bits per heavy atom. The zero-order valence-electron chi connectivity index (χ0n) is 16.3. The molecule has 0 radical (unpaired) electrons. The zero-order valence-corrected chi connectivity index (χ0v) is 17.9. The van der Waals surface area contributed by atoms with Crippen LogP contribution in [0.5, 0.6) is 0 Å². The quantitative estimate of drug-likeness (QED) is 0.809. The largest absolute Gasteiger partial charge is 0.384 e. The first kappa shape index (κ1) is 21.1. The van der Waals surface area contributed by atoms with Gasteiger partial charge in [0.1, 0.15) is 10.6 Å². The van der Waals surface area contributed by atoms with Gasteiger partial charge in [-0.3, -0.25) is 4.90 Å². The average Bonchev–Trinajstić information content (AvgIpc) is 3.16. The van der Waals surface area contributed by atoms with Crippen LogP contribution in [0.2, 0.25) is 0 Å². The number of hydrogen-bond acceptors (Lipinski definition) is 6. The normalized spacial score (nSPS) is 18.2. The van der Waals surface area contributed by atoms with Gasteiger partial charge in [0.25, 0.3) is 0 Å². The summed E-state index contributed by atoms with van der Waals surface area (Å²) in [5.74, 6) is 0.361. The van der Waals surface area contributed by atoms with Crippen LogP contribution in [0.25, 0.3) is 0 Å². The molecule has 0 unspecified atom stereocenters. The number of aryl methyl sites for hydroxylation is 2. The summed E-state index contributed by atoms with van der Waals surface area (Å²) in [7, 11) is -3.57. The van der Waals surface area contributed by atoms with E-state index >= 15 is 0 Å². The molecule has 0 saturated carbocycles. The highest BCUT2D eigenvalue weighted by Gasteiger charge is 2.32. The molecular formula is C19H27ClN4O3S. The lowest BCUT2D eigenvalue weighted by molar-refractivity contribution is 0.279. The molecule has 154 valence electrons. The van der Waals surface area contributed by atoms with Crippen LogP contribution in [-0.4, -0.2) is 55.5 Å². The van der Waals surface area contributed by atoms with Crippen LogP contribution in [0.15, 0.2) is 27.6 Å². The minimum Gasteiger partial charge on any atom is -0.384 e. The van der Waals surface area contributed by atoms with Gasteiger partial charge < -0.3 is 9.84 Å². The van der Waals surface area contributed by atoms with E-state index in [-0.39, 0.29) is 17.3 Å². The Kier molecular flexibility index (Phi) is 6.34. The van der Waals surface area contributed by atoms with E-state index < -0.39 is 10.0 Å². The average molecular weight is 427 g/mol. The van der Waals surface area contributed by atoms with Gasteiger partial charge in [-0.05, 0) is 44.4 Å². The fraction of sp³-hybridized carbons (Fsp3) is 0.526. The number of benzene rings is 1. The Morgan fingerprint density at radius 1 is 1.18 bits per heavy atom. The molecule has 1 N–H and O–H groups in total. The Bertz CT molecular complexity index is 925. The molecule has 1 aromatic heterocycles. The predicted octanol–water partition coefficient (Wildman–Crippen LogP) is 2.58. The highest BCUT2D eigenvalue weighted by Crippen LogP contribution is 2.28. The third-order valence-electron chi connectivity index (χ3n) is 5.44. The summed E-state index contributed by atoms with van der Waals surface area (Å²) in [6.07, 6.45) is 1.89. The minimum atomic E-state index is -3.57. The van der Waals surface area contributed by atoms with E-state index in [1.54, 1.807) is 18.2 Å². The van der Waals surface area contributed by atoms with Gasteiger partial charge in [-0.2, -0.15) is 4.31 Å². The molecule has 4 rings (SSSR count). The highest BCUT2D eigenvalue weighted by atomic mass is 35.5. The molecule has 0 spiro atoms. The Hall–Kier alpha value is -1.61. The number of rotatable bonds is 4. The standard InChI is InChI=1S/C19H26N4O3S.ClH/c1-14-19(15(2)26-21-14)27(24,25)23-10-4-9-22(11-12-23)13-17-6-3-5-16-7-8-20-18(16)17;/h3,5-6,20H,4,7-13H2,1-2H3;1H. The first-order valence-electron chi connectivity index (χ1n) is 9.47. The highest BCUT2D eigenvalue weighted by molar-refractivity contribution is 7.89. The Labute approximate surface area is 172 Å². The molecule has 2 aliphatic rings. The first-order chi connectivity index (χ1) is 13.0. The van der Waals surface area contributed by atoms with Gasteiger partial charge in [-0.25, -0.2) is 8.42 Å². The summed E-state index contributed by atoms with van der Waals surface area (Å²) in [5, 5.41) is 7.29. The maximum absolute atomic E-state index is 13.1. The molecule has 2 aliphatic heterocycles. The molecule has 0 amide bonds. The number of fused-ring (bicyclic) bond motifs is 1.